The number of benzene rings is 1. The van der Waals surface area contributed by atoms with Gasteiger partial charge in [0, 0.05) is 5.56 Å². The van der Waals surface area contributed by atoms with Gasteiger partial charge in [0.25, 0.3) is 0 Å². The zero-order valence-electron chi connectivity index (χ0n) is 13.4. The molecule has 1 heterocycles. The van der Waals surface area contributed by atoms with E-state index in [0.29, 0.717) is 29.7 Å². The third-order valence-corrected chi connectivity index (χ3v) is 4.46. The predicted octanol–water partition coefficient (Wildman–Crippen LogP) is 4.92. The van der Waals surface area contributed by atoms with Crippen LogP contribution in [0.2, 0.25) is 0 Å². The number of Topliss-reactive ketones (excluding diaryl/α,β-unsaturated/α-hetero) is 1. The maximum absolute atomic E-state index is 12.6. The molecule has 0 saturated heterocycles. The molecule has 1 aromatic rings. The van der Waals surface area contributed by atoms with Gasteiger partial charge in [-0.3, -0.25) is 9.79 Å². The molecule has 0 atom stereocenters. The normalized spacial score (nSPS) is 16.7. The highest BCUT2D eigenvalue weighted by atomic mass is 79.9. The zero-order valence-corrected chi connectivity index (χ0v) is 15.0. The first-order valence-electron chi connectivity index (χ1n) is 7.55. The number of ketones is 1. The number of para-hydroxylation sites is 1. The van der Waals surface area contributed by atoms with Crippen molar-refractivity contribution in [3.63, 3.8) is 0 Å². The van der Waals surface area contributed by atoms with E-state index < -0.39 is 12.7 Å². The highest BCUT2D eigenvalue weighted by Gasteiger charge is 2.28. The average Bonchev–Trinajstić information content (AvgIpc) is 2.68. The Bertz CT molecular complexity index is 708. The lowest BCUT2D eigenvalue weighted by molar-refractivity contribution is -0.118. The molecule has 0 spiro atoms. The van der Waals surface area contributed by atoms with E-state index in [1.54, 1.807) is 19.1 Å². The SMILES string of the molecule is CCC1=C(C)C(=NCC(F)(F)F)Nc2c(cccc2C(=O)CBr)C1. The molecule has 1 N–H and O–H groups in total. The molecule has 3 nitrogen and oxygen atoms in total. The van der Waals surface area contributed by atoms with Gasteiger partial charge in [-0.05, 0) is 37.0 Å². The molecule has 1 aliphatic rings. The summed E-state index contributed by atoms with van der Waals surface area (Å²) >= 11 is 3.14. The number of allylic oxidation sites excluding steroid dienone is 1. The maximum atomic E-state index is 12.6. The first kappa shape index (κ1) is 18.7. The second kappa shape index (κ2) is 7.51. The van der Waals surface area contributed by atoms with E-state index in [2.05, 4.69) is 26.2 Å². The van der Waals surface area contributed by atoms with E-state index in [1.807, 2.05) is 13.0 Å². The number of carbonyl (C=O) groups is 1. The van der Waals surface area contributed by atoms with Crippen LogP contribution < -0.4 is 5.32 Å². The molecule has 0 radical (unpaired) electrons. The second-order valence-electron chi connectivity index (χ2n) is 5.56. The van der Waals surface area contributed by atoms with Crippen LogP contribution in [0.5, 0.6) is 0 Å². The minimum atomic E-state index is -4.37. The monoisotopic (exact) mass is 402 g/mol. The van der Waals surface area contributed by atoms with Crippen LogP contribution >= 0.6 is 15.9 Å². The average molecular weight is 403 g/mol. The Kier molecular flexibility index (Phi) is 5.85. The summed E-state index contributed by atoms with van der Waals surface area (Å²) in [6.45, 7) is 2.46. The molecule has 0 bridgehead atoms. The van der Waals surface area contributed by atoms with Gasteiger partial charge in [0.15, 0.2) is 5.78 Å². The van der Waals surface area contributed by atoms with Crippen molar-refractivity contribution in [2.75, 3.05) is 17.2 Å². The Morgan fingerprint density at radius 2 is 2.08 bits per heavy atom. The van der Waals surface area contributed by atoms with E-state index in [1.165, 1.54) is 0 Å². The summed E-state index contributed by atoms with van der Waals surface area (Å²) in [5.41, 5.74) is 3.59. The number of alkyl halides is 4. The lowest BCUT2D eigenvalue weighted by Gasteiger charge is -2.14. The van der Waals surface area contributed by atoms with Crippen molar-refractivity contribution < 1.29 is 18.0 Å². The standard InChI is InChI=1S/C17H18BrF3N2O/c1-3-11-7-12-5-4-6-13(14(24)8-18)15(12)23-16(10(11)2)22-9-17(19,20)21/h4-6H,3,7-9H2,1-2H3,(H,22,23). The zero-order chi connectivity index (χ0) is 17.9. The molecular formula is C17H18BrF3N2O. The van der Waals surface area contributed by atoms with Crippen molar-refractivity contribution in [3.8, 4) is 0 Å². The Labute approximate surface area is 147 Å². The van der Waals surface area contributed by atoms with Crippen molar-refractivity contribution in [2.45, 2.75) is 32.9 Å². The number of nitrogens with zero attached hydrogens (tertiary/aromatic N) is 1. The third-order valence-electron chi connectivity index (χ3n) is 3.95. The second-order valence-corrected chi connectivity index (χ2v) is 6.12. The van der Waals surface area contributed by atoms with Gasteiger partial charge in [-0.25, -0.2) is 0 Å². The molecule has 130 valence electrons. The number of amidine groups is 1. The smallest absolute Gasteiger partial charge is 0.339 e. The van der Waals surface area contributed by atoms with Gasteiger partial charge in [0.05, 0.1) is 11.0 Å². The van der Waals surface area contributed by atoms with Crippen molar-refractivity contribution in [1.29, 1.82) is 0 Å². The van der Waals surface area contributed by atoms with Gasteiger partial charge in [0.2, 0.25) is 0 Å². The molecule has 1 aliphatic heterocycles. The van der Waals surface area contributed by atoms with E-state index >= 15 is 0 Å². The number of rotatable bonds is 4. The topological polar surface area (TPSA) is 41.5 Å². The highest BCUT2D eigenvalue weighted by molar-refractivity contribution is 9.09. The highest BCUT2D eigenvalue weighted by Crippen LogP contribution is 2.31. The van der Waals surface area contributed by atoms with Crippen molar-refractivity contribution in [3.05, 3.63) is 40.5 Å². The molecule has 0 aliphatic carbocycles. The fraction of sp³-hybridized carbons (Fsp3) is 0.412. The summed E-state index contributed by atoms with van der Waals surface area (Å²) in [6, 6.07) is 5.34. The first-order valence-corrected chi connectivity index (χ1v) is 8.67. The van der Waals surface area contributed by atoms with Crippen molar-refractivity contribution in [2.24, 2.45) is 4.99 Å². The van der Waals surface area contributed by atoms with Gasteiger partial charge in [-0.2, -0.15) is 13.2 Å². The van der Waals surface area contributed by atoms with Crippen LogP contribution in [0, 0.1) is 0 Å². The summed E-state index contributed by atoms with van der Waals surface area (Å²) in [4.78, 5) is 15.9. The Hall–Kier alpha value is -1.63. The van der Waals surface area contributed by atoms with Crippen molar-refractivity contribution in [1.82, 2.24) is 0 Å². The van der Waals surface area contributed by atoms with Crippen LogP contribution in [0.3, 0.4) is 0 Å². The van der Waals surface area contributed by atoms with Crippen LogP contribution in [-0.4, -0.2) is 29.7 Å². The molecular weight excluding hydrogens is 385 g/mol. The first-order chi connectivity index (χ1) is 11.3. The lowest BCUT2D eigenvalue weighted by atomic mass is 9.97. The molecule has 24 heavy (non-hydrogen) atoms. The van der Waals surface area contributed by atoms with Gasteiger partial charge in [0.1, 0.15) is 12.4 Å². The van der Waals surface area contributed by atoms with E-state index in [4.69, 9.17) is 0 Å². The molecule has 2 rings (SSSR count). The molecule has 0 aromatic heterocycles. The molecule has 0 saturated carbocycles. The van der Waals surface area contributed by atoms with Gasteiger partial charge in [-0.15, -0.1) is 0 Å². The fourth-order valence-electron chi connectivity index (χ4n) is 2.66. The lowest BCUT2D eigenvalue weighted by Crippen LogP contribution is -2.20. The summed E-state index contributed by atoms with van der Waals surface area (Å²) in [7, 11) is 0. The quantitative estimate of drug-likeness (QED) is 0.573. The van der Waals surface area contributed by atoms with E-state index in [0.717, 1.165) is 11.1 Å². The summed E-state index contributed by atoms with van der Waals surface area (Å²) in [5, 5.41) is 3.13. The maximum Gasteiger partial charge on any atom is 0.408 e. The number of hydrogen-bond donors (Lipinski definition) is 1. The van der Waals surface area contributed by atoms with Gasteiger partial charge in [-0.1, -0.05) is 40.6 Å². The van der Waals surface area contributed by atoms with Crippen molar-refractivity contribution >= 4 is 33.2 Å². The van der Waals surface area contributed by atoms with Crippen LogP contribution in [0.1, 0.15) is 36.2 Å². The molecule has 7 heteroatoms. The Morgan fingerprint density at radius 1 is 1.38 bits per heavy atom. The summed E-state index contributed by atoms with van der Waals surface area (Å²) in [5.74, 6) is 0.0462. The number of nitrogens with one attached hydrogen (secondary N) is 1. The van der Waals surface area contributed by atoms with Gasteiger partial charge >= 0.3 is 6.18 Å². The predicted molar refractivity (Wildman–Crippen MR) is 93.2 cm³/mol. The molecule has 0 unspecified atom stereocenters. The Morgan fingerprint density at radius 3 is 2.67 bits per heavy atom. The number of halogens is 4. The van der Waals surface area contributed by atoms with Crippen LogP contribution in [0.25, 0.3) is 0 Å². The third kappa shape index (κ3) is 4.26. The summed E-state index contributed by atoms with van der Waals surface area (Å²) < 4.78 is 37.7. The largest absolute Gasteiger partial charge is 0.408 e. The summed E-state index contributed by atoms with van der Waals surface area (Å²) in [6.07, 6.45) is -3.09. The van der Waals surface area contributed by atoms with Crippen LogP contribution in [-0.2, 0) is 6.42 Å². The van der Waals surface area contributed by atoms with E-state index in [9.17, 15) is 18.0 Å². The van der Waals surface area contributed by atoms with Crippen LogP contribution in [0.4, 0.5) is 18.9 Å². The molecule has 0 fully saturated rings. The minimum absolute atomic E-state index is 0.132. The number of anilines is 1. The van der Waals surface area contributed by atoms with E-state index in [-0.39, 0.29) is 16.9 Å². The fourth-order valence-corrected chi connectivity index (χ4v) is 2.96. The van der Waals surface area contributed by atoms with Gasteiger partial charge < -0.3 is 5.32 Å². The number of carbonyl (C=O) groups excluding carboxylic acids is 1. The molecule has 0 amide bonds. The number of fused-ring (bicyclic) bond motifs is 1. The van der Waals surface area contributed by atoms with Crippen LogP contribution in [0.15, 0.2) is 34.3 Å². The minimum Gasteiger partial charge on any atom is -0.339 e. The molecule has 1 aromatic carbocycles. The Balaban J connectivity index is 2.54. The number of aliphatic imine (C=N–C) groups is 1. The number of hydrogen-bond acceptors (Lipinski definition) is 2.